The van der Waals surface area contributed by atoms with Crippen LogP contribution >= 0.6 is 39.1 Å². The number of hydrogen-bond acceptors (Lipinski definition) is 3. The van der Waals surface area contributed by atoms with Gasteiger partial charge in [-0.2, -0.15) is 0 Å². The zero-order chi connectivity index (χ0) is 20.3. The highest BCUT2D eigenvalue weighted by Crippen LogP contribution is 2.30. The molecule has 148 valence electrons. The van der Waals surface area contributed by atoms with E-state index in [0.717, 1.165) is 41.6 Å². The molecule has 0 bridgehead atoms. The number of carbonyl (C=O) groups excluding carboxylic acids is 1. The molecule has 0 saturated heterocycles. The van der Waals surface area contributed by atoms with Gasteiger partial charge in [-0.15, -0.1) is 0 Å². The second kappa shape index (κ2) is 9.29. The van der Waals surface area contributed by atoms with Gasteiger partial charge in [-0.05, 0) is 50.6 Å². The fraction of sp³-hybridized carbons (Fsp3) is 0.333. The third-order valence-corrected chi connectivity index (χ3v) is 5.85. The van der Waals surface area contributed by atoms with Crippen LogP contribution in [0.4, 0.5) is 5.69 Å². The number of carbonyl (C=O) groups is 1. The first-order valence-electron chi connectivity index (χ1n) is 9.31. The highest BCUT2D eigenvalue weighted by molar-refractivity contribution is 9.09. The van der Waals surface area contributed by atoms with Gasteiger partial charge in [0.2, 0.25) is 5.78 Å². The van der Waals surface area contributed by atoms with Crippen LogP contribution in [0.2, 0.25) is 10.0 Å². The number of nitrogens with zero attached hydrogens (tertiary/aromatic N) is 3. The summed E-state index contributed by atoms with van der Waals surface area (Å²) in [6.07, 6.45) is 0.882. The second-order valence-corrected chi connectivity index (χ2v) is 8.04. The first-order chi connectivity index (χ1) is 13.5. The average molecular weight is 483 g/mol. The molecule has 0 aliphatic carbocycles. The number of imidazole rings is 1. The van der Waals surface area contributed by atoms with E-state index in [9.17, 15) is 4.79 Å². The summed E-state index contributed by atoms with van der Waals surface area (Å²) in [6.45, 7) is 6.70. The number of aryl methyl sites for hydroxylation is 1. The van der Waals surface area contributed by atoms with Crippen molar-refractivity contribution in [2.45, 2.75) is 26.8 Å². The first-order valence-corrected chi connectivity index (χ1v) is 11.2. The summed E-state index contributed by atoms with van der Waals surface area (Å²) in [6, 6.07) is 10.9. The summed E-state index contributed by atoms with van der Waals surface area (Å²) in [7, 11) is 0. The molecule has 0 unspecified atom stereocenters. The summed E-state index contributed by atoms with van der Waals surface area (Å²) in [5, 5.41) is 1.67. The lowest BCUT2D eigenvalue weighted by Gasteiger charge is -2.23. The van der Waals surface area contributed by atoms with Crippen LogP contribution in [0.3, 0.4) is 0 Å². The van der Waals surface area contributed by atoms with Crippen LogP contribution in [0.15, 0.2) is 36.4 Å². The number of rotatable bonds is 8. The number of fused-ring (bicyclic) bond motifs is 1. The topological polar surface area (TPSA) is 38.1 Å². The fourth-order valence-electron chi connectivity index (χ4n) is 3.39. The number of hydrogen-bond donors (Lipinski definition) is 0. The maximum Gasteiger partial charge on any atom is 0.229 e. The molecule has 4 nitrogen and oxygen atoms in total. The second-order valence-electron chi connectivity index (χ2n) is 6.40. The molecule has 1 aromatic heterocycles. The summed E-state index contributed by atoms with van der Waals surface area (Å²) < 4.78 is 2.03. The number of halogens is 3. The smallest absolute Gasteiger partial charge is 0.229 e. The van der Waals surface area contributed by atoms with Gasteiger partial charge >= 0.3 is 0 Å². The Kier molecular flexibility index (Phi) is 7.02. The van der Waals surface area contributed by atoms with Crippen LogP contribution < -0.4 is 4.90 Å². The summed E-state index contributed by atoms with van der Waals surface area (Å²) >= 11 is 15.8. The van der Waals surface area contributed by atoms with Gasteiger partial charge in [0, 0.05) is 35.6 Å². The van der Waals surface area contributed by atoms with Gasteiger partial charge in [-0.3, -0.25) is 4.79 Å². The van der Waals surface area contributed by atoms with E-state index >= 15 is 0 Å². The minimum atomic E-state index is -0.196. The van der Waals surface area contributed by atoms with E-state index in [0.29, 0.717) is 28.0 Å². The van der Waals surface area contributed by atoms with Crippen molar-refractivity contribution in [2.24, 2.45) is 0 Å². The lowest BCUT2D eigenvalue weighted by atomic mass is 10.1. The molecule has 28 heavy (non-hydrogen) atoms. The minimum Gasteiger partial charge on any atom is -0.370 e. The van der Waals surface area contributed by atoms with E-state index in [4.69, 9.17) is 28.2 Å². The van der Waals surface area contributed by atoms with Crippen LogP contribution in [0.1, 0.15) is 36.5 Å². The maximum absolute atomic E-state index is 13.3. The van der Waals surface area contributed by atoms with Crippen LogP contribution in [-0.2, 0) is 6.54 Å². The van der Waals surface area contributed by atoms with Crippen molar-refractivity contribution in [3.8, 4) is 0 Å². The van der Waals surface area contributed by atoms with Gasteiger partial charge in [0.1, 0.15) is 0 Å². The van der Waals surface area contributed by atoms with Gasteiger partial charge < -0.3 is 9.47 Å². The molecular formula is C21H22BrCl2N3O. The van der Waals surface area contributed by atoms with Crippen LogP contribution in [0.5, 0.6) is 0 Å². The molecule has 3 rings (SSSR count). The average Bonchev–Trinajstić information content (AvgIpc) is 3.06. The van der Waals surface area contributed by atoms with Gasteiger partial charge in [-0.25, -0.2) is 4.98 Å². The summed E-state index contributed by atoms with van der Waals surface area (Å²) in [4.78, 5) is 20.3. The number of alkyl halides is 1. The Morgan fingerprint density at radius 1 is 1.18 bits per heavy atom. The highest BCUT2D eigenvalue weighted by Gasteiger charge is 2.23. The number of benzene rings is 2. The van der Waals surface area contributed by atoms with Gasteiger partial charge in [0.25, 0.3) is 0 Å². The molecule has 0 aliphatic heterocycles. The zero-order valence-electron chi connectivity index (χ0n) is 15.9. The predicted octanol–water partition coefficient (Wildman–Crippen LogP) is 6.21. The molecule has 0 radical (unpaired) electrons. The van der Waals surface area contributed by atoms with Crippen molar-refractivity contribution in [1.82, 2.24) is 9.55 Å². The van der Waals surface area contributed by atoms with Crippen LogP contribution in [0, 0.1) is 0 Å². The Morgan fingerprint density at radius 2 is 1.93 bits per heavy atom. The van der Waals surface area contributed by atoms with E-state index < -0.39 is 0 Å². The third kappa shape index (κ3) is 4.07. The number of anilines is 1. The van der Waals surface area contributed by atoms with Crippen molar-refractivity contribution in [3.63, 3.8) is 0 Å². The molecule has 1 heterocycles. The molecule has 0 atom stereocenters. The molecule has 0 N–H and O–H groups in total. The molecule has 0 saturated carbocycles. The predicted molar refractivity (Wildman–Crippen MR) is 122 cm³/mol. The van der Waals surface area contributed by atoms with Crippen molar-refractivity contribution >= 4 is 61.6 Å². The Hall–Kier alpha value is -1.56. The molecular weight excluding hydrogens is 461 g/mol. The maximum atomic E-state index is 13.3. The lowest BCUT2D eigenvalue weighted by molar-refractivity contribution is 0.102. The third-order valence-electron chi connectivity index (χ3n) is 4.74. The molecule has 7 heteroatoms. The Bertz CT molecular complexity index is 999. The summed E-state index contributed by atoms with van der Waals surface area (Å²) in [5.74, 6) is 0.206. The van der Waals surface area contributed by atoms with Crippen LogP contribution in [-0.4, -0.2) is 33.8 Å². The quantitative estimate of drug-likeness (QED) is 0.283. The number of aromatic nitrogens is 2. The van der Waals surface area contributed by atoms with Crippen molar-refractivity contribution in [1.29, 1.82) is 0 Å². The standard InChI is InChI=1S/C21H22BrCl2N3O/c1-3-26(4-2)18-8-5-7-17-19(18)27(12-6-11-22)21(25-17)20(28)15-10-9-14(23)13-16(15)24/h5,7-10,13H,3-4,6,11-12H2,1-2H3. The monoisotopic (exact) mass is 481 g/mol. The SMILES string of the molecule is CCN(CC)c1cccc2nc(C(=O)c3ccc(Cl)cc3Cl)n(CCCBr)c12. The van der Waals surface area contributed by atoms with E-state index in [2.05, 4.69) is 40.7 Å². The first kappa shape index (κ1) is 21.2. The van der Waals surface area contributed by atoms with E-state index in [1.54, 1.807) is 18.2 Å². The fourth-order valence-corrected chi connectivity index (χ4v) is 4.13. The van der Waals surface area contributed by atoms with E-state index in [-0.39, 0.29) is 5.78 Å². The molecule has 0 amide bonds. The Morgan fingerprint density at radius 3 is 2.57 bits per heavy atom. The highest BCUT2D eigenvalue weighted by atomic mass is 79.9. The number of ketones is 1. The van der Waals surface area contributed by atoms with Gasteiger partial charge in [-0.1, -0.05) is 45.2 Å². The van der Waals surface area contributed by atoms with Crippen molar-refractivity contribution in [2.75, 3.05) is 23.3 Å². The normalized spacial score (nSPS) is 11.2. The van der Waals surface area contributed by atoms with Crippen LogP contribution in [0.25, 0.3) is 11.0 Å². The molecule has 3 aromatic rings. The van der Waals surface area contributed by atoms with E-state index in [1.165, 1.54) is 0 Å². The molecule has 0 fully saturated rings. The molecule has 2 aromatic carbocycles. The number of para-hydroxylation sites is 1. The van der Waals surface area contributed by atoms with Gasteiger partial charge in [0.15, 0.2) is 5.82 Å². The Balaban J connectivity index is 2.21. The summed E-state index contributed by atoms with van der Waals surface area (Å²) in [5.41, 5.74) is 3.30. The lowest BCUT2D eigenvalue weighted by Crippen LogP contribution is -2.23. The van der Waals surface area contributed by atoms with Gasteiger partial charge in [0.05, 0.1) is 21.7 Å². The van der Waals surface area contributed by atoms with E-state index in [1.807, 2.05) is 16.7 Å². The molecule has 0 aliphatic rings. The minimum absolute atomic E-state index is 0.196. The molecule has 0 spiro atoms. The largest absolute Gasteiger partial charge is 0.370 e. The van der Waals surface area contributed by atoms with Crippen molar-refractivity contribution < 1.29 is 4.79 Å². The van der Waals surface area contributed by atoms with Crippen molar-refractivity contribution in [3.05, 3.63) is 57.8 Å². The Labute approximate surface area is 183 Å². The zero-order valence-corrected chi connectivity index (χ0v) is 19.0.